The Balaban J connectivity index is 1.23. The van der Waals surface area contributed by atoms with Crippen LogP contribution in [0.1, 0.15) is 16.8 Å². The fraction of sp³-hybridized carbons (Fsp3) is 0.280. The first kappa shape index (κ1) is 22.8. The van der Waals surface area contributed by atoms with Crippen LogP contribution in [0.2, 0.25) is 0 Å². The van der Waals surface area contributed by atoms with E-state index in [2.05, 4.69) is 9.80 Å². The molecule has 0 unspecified atom stereocenters. The number of benzene rings is 2. The highest BCUT2D eigenvalue weighted by Gasteiger charge is 2.30. The van der Waals surface area contributed by atoms with Gasteiger partial charge in [0.2, 0.25) is 0 Å². The van der Waals surface area contributed by atoms with Crippen molar-refractivity contribution in [1.29, 1.82) is 0 Å². The summed E-state index contributed by atoms with van der Waals surface area (Å²) in [6.45, 7) is 4.07. The molecule has 0 spiro atoms. The number of rotatable bonds is 5. The second kappa shape index (κ2) is 9.32. The molecule has 9 heteroatoms. The number of nitrogens with zero attached hydrogens (tertiary/aromatic N) is 4. The number of hydrogen-bond acceptors (Lipinski definition) is 5. The van der Waals surface area contributed by atoms with Gasteiger partial charge in [-0.3, -0.25) is 19.0 Å². The molecule has 2 aromatic heterocycles. The zero-order chi connectivity index (χ0) is 23.7. The molecule has 0 amide bonds. The van der Waals surface area contributed by atoms with E-state index in [1.807, 2.05) is 35.7 Å². The molecule has 1 saturated heterocycles. The molecule has 0 atom stereocenters. The molecule has 0 N–H and O–H groups in total. The number of halogens is 3. The van der Waals surface area contributed by atoms with Crippen molar-refractivity contribution in [2.24, 2.45) is 0 Å². The van der Waals surface area contributed by atoms with E-state index in [0.717, 1.165) is 49.2 Å². The summed E-state index contributed by atoms with van der Waals surface area (Å²) in [6.07, 6.45) is -4.33. The van der Waals surface area contributed by atoms with Gasteiger partial charge >= 0.3 is 6.18 Å². The van der Waals surface area contributed by atoms with Crippen molar-refractivity contribution in [1.82, 2.24) is 19.2 Å². The summed E-state index contributed by atoms with van der Waals surface area (Å²) in [4.78, 5) is 22.6. The van der Waals surface area contributed by atoms with Gasteiger partial charge in [0, 0.05) is 50.7 Å². The van der Waals surface area contributed by atoms with E-state index in [9.17, 15) is 18.0 Å². The largest absolute Gasteiger partial charge is 0.416 e. The van der Waals surface area contributed by atoms with Gasteiger partial charge in [0.25, 0.3) is 5.56 Å². The maximum absolute atomic E-state index is 13.0. The zero-order valence-corrected chi connectivity index (χ0v) is 19.1. The van der Waals surface area contributed by atoms with E-state index in [0.29, 0.717) is 23.6 Å². The van der Waals surface area contributed by atoms with Crippen LogP contribution in [0.4, 0.5) is 13.2 Å². The summed E-state index contributed by atoms with van der Waals surface area (Å²) >= 11 is 1.45. The Hall–Kier alpha value is -3.01. The van der Waals surface area contributed by atoms with E-state index in [-0.39, 0.29) is 5.56 Å². The summed E-state index contributed by atoms with van der Waals surface area (Å²) in [5.41, 5.74) is 2.51. The molecule has 0 saturated carbocycles. The Labute approximate surface area is 198 Å². The maximum atomic E-state index is 13.0. The number of thiazole rings is 1. The standard InChI is InChI=1S/C25H23F3N4OS/c26-25(27,28)20-8-4-5-18(13-20)15-30-9-11-31(12-10-30)16-21-14-23(33)32-22(17-34-24(32)29-21)19-6-2-1-3-7-19/h1-8,13-14,17H,9-12,15-16H2. The molecule has 0 aliphatic carbocycles. The van der Waals surface area contributed by atoms with Crippen molar-refractivity contribution < 1.29 is 13.2 Å². The normalized spacial score (nSPS) is 15.7. The van der Waals surface area contributed by atoms with Crippen molar-refractivity contribution >= 4 is 16.3 Å². The summed E-state index contributed by atoms with van der Waals surface area (Å²) in [7, 11) is 0. The second-order valence-corrected chi connectivity index (χ2v) is 9.28. The van der Waals surface area contributed by atoms with E-state index in [1.165, 1.54) is 23.5 Å². The van der Waals surface area contributed by atoms with Crippen molar-refractivity contribution in [3.8, 4) is 11.3 Å². The molecule has 1 aliphatic heterocycles. The highest BCUT2D eigenvalue weighted by atomic mass is 32.1. The summed E-state index contributed by atoms with van der Waals surface area (Å²) in [5, 5.41) is 1.95. The van der Waals surface area contributed by atoms with E-state index in [1.54, 1.807) is 16.5 Å². The highest BCUT2D eigenvalue weighted by Crippen LogP contribution is 2.30. The lowest BCUT2D eigenvalue weighted by Crippen LogP contribution is -2.45. The fourth-order valence-corrected chi connectivity index (χ4v) is 5.22. The van der Waals surface area contributed by atoms with Crippen LogP contribution < -0.4 is 5.56 Å². The predicted molar refractivity (Wildman–Crippen MR) is 127 cm³/mol. The van der Waals surface area contributed by atoms with Crippen LogP contribution in [0.25, 0.3) is 16.2 Å². The number of hydrogen-bond donors (Lipinski definition) is 0. The smallest absolute Gasteiger partial charge is 0.297 e. The van der Waals surface area contributed by atoms with Gasteiger partial charge in [-0.1, -0.05) is 48.5 Å². The van der Waals surface area contributed by atoms with Gasteiger partial charge in [-0.15, -0.1) is 11.3 Å². The van der Waals surface area contributed by atoms with Crippen LogP contribution in [0.5, 0.6) is 0 Å². The van der Waals surface area contributed by atoms with Gasteiger partial charge in [-0.2, -0.15) is 13.2 Å². The van der Waals surface area contributed by atoms with Crippen LogP contribution in [-0.2, 0) is 19.3 Å². The SMILES string of the molecule is O=c1cc(CN2CCN(Cc3cccc(C(F)(F)F)c3)CC2)nc2scc(-c3ccccc3)n12. The van der Waals surface area contributed by atoms with E-state index < -0.39 is 11.7 Å². The van der Waals surface area contributed by atoms with E-state index in [4.69, 9.17) is 4.98 Å². The minimum atomic E-state index is -4.33. The Morgan fingerprint density at radius 2 is 1.59 bits per heavy atom. The molecule has 2 aromatic carbocycles. The van der Waals surface area contributed by atoms with Crippen LogP contribution >= 0.6 is 11.3 Å². The van der Waals surface area contributed by atoms with Crippen molar-refractivity contribution in [2.45, 2.75) is 19.3 Å². The Bertz CT molecular complexity index is 1340. The predicted octanol–water partition coefficient (Wildman–Crippen LogP) is 4.76. The van der Waals surface area contributed by atoms with Crippen LogP contribution in [-0.4, -0.2) is 45.4 Å². The maximum Gasteiger partial charge on any atom is 0.416 e. The van der Waals surface area contributed by atoms with Crippen LogP contribution in [0.3, 0.4) is 0 Å². The molecule has 4 aromatic rings. The monoisotopic (exact) mass is 484 g/mol. The number of alkyl halides is 3. The van der Waals surface area contributed by atoms with Crippen LogP contribution in [0, 0.1) is 0 Å². The third kappa shape index (κ3) is 4.91. The third-order valence-electron chi connectivity index (χ3n) is 6.04. The molecule has 5 nitrogen and oxygen atoms in total. The fourth-order valence-electron chi connectivity index (χ4n) is 4.29. The molecule has 34 heavy (non-hydrogen) atoms. The lowest BCUT2D eigenvalue weighted by molar-refractivity contribution is -0.137. The van der Waals surface area contributed by atoms with Crippen molar-refractivity contribution in [3.05, 3.63) is 93.2 Å². The second-order valence-electron chi connectivity index (χ2n) is 8.44. The Morgan fingerprint density at radius 1 is 0.882 bits per heavy atom. The molecule has 5 rings (SSSR count). The van der Waals surface area contributed by atoms with Crippen molar-refractivity contribution in [2.75, 3.05) is 26.2 Å². The summed E-state index contributed by atoms with van der Waals surface area (Å²) < 4.78 is 40.6. The number of piperazine rings is 1. The molecular weight excluding hydrogens is 461 g/mol. The molecule has 1 aliphatic rings. The third-order valence-corrected chi connectivity index (χ3v) is 6.86. The lowest BCUT2D eigenvalue weighted by Gasteiger charge is -2.34. The quantitative estimate of drug-likeness (QED) is 0.410. The average molecular weight is 485 g/mol. The average Bonchev–Trinajstić information content (AvgIpc) is 3.25. The van der Waals surface area contributed by atoms with Crippen LogP contribution in [0.15, 0.2) is 70.8 Å². The molecule has 3 heterocycles. The molecule has 176 valence electrons. The molecule has 1 fully saturated rings. The van der Waals surface area contributed by atoms with Gasteiger partial charge in [0.1, 0.15) is 0 Å². The van der Waals surface area contributed by atoms with Gasteiger partial charge in [-0.25, -0.2) is 4.98 Å². The van der Waals surface area contributed by atoms with Gasteiger partial charge < -0.3 is 0 Å². The molecule has 0 bridgehead atoms. The summed E-state index contributed by atoms with van der Waals surface area (Å²) in [6, 6.07) is 16.9. The minimum absolute atomic E-state index is 0.0942. The molecule has 0 radical (unpaired) electrons. The highest BCUT2D eigenvalue weighted by molar-refractivity contribution is 7.15. The van der Waals surface area contributed by atoms with Gasteiger partial charge in [-0.05, 0) is 17.2 Å². The Morgan fingerprint density at radius 3 is 2.29 bits per heavy atom. The number of aromatic nitrogens is 2. The van der Waals surface area contributed by atoms with E-state index >= 15 is 0 Å². The minimum Gasteiger partial charge on any atom is -0.297 e. The number of fused-ring (bicyclic) bond motifs is 1. The summed E-state index contributed by atoms with van der Waals surface area (Å²) in [5.74, 6) is 0. The zero-order valence-electron chi connectivity index (χ0n) is 18.3. The topological polar surface area (TPSA) is 40.9 Å². The lowest BCUT2D eigenvalue weighted by atomic mass is 10.1. The van der Waals surface area contributed by atoms with Gasteiger partial charge in [0.15, 0.2) is 4.96 Å². The Kier molecular flexibility index (Phi) is 6.24. The molecular formula is C25H23F3N4OS. The first-order chi connectivity index (χ1) is 16.4. The van der Waals surface area contributed by atoms with Gasteiger partial charge in [0.05, 0.1) is 17.0 Å². The van der Waals surface area contributed by atoms with Crippen molar-refractivity contribution in [3.63, 3.8) is 0 Å². The first-order valence-electron chi connectivity index (χ1n) is 11.0. The first-order valence-corrected chi connectivity index (χ1v) is 11.9.